The van der Waals surface area contributed by atoms with Crippen LogP contribution in [0.15, 0.2) is 67.0 Å². The first-order chi connectivity index (χ1) is 28.8. The van der Waals surface area contributed by atoms with Gasteiger partial charge in [0.25, 0.3) is 5.91 Å². The Morgan fingerprint density at radius 2 is 1.85 bits per heavy atom. The van der Waals surface area contributed by atoms with Crippen LogP contribution in [0.4, 0.5) is 11.4 Å². The Morgan fingerprint density at radius 1 is 1.05 bits per heavy atom. The van der Waals surface area contributed by atoms with E-state index in [-0.39, 0.29) is 17.4 Å². The number of anilines is 2. The molecule has 4 aliphatic rings. The van der Waals surface area contributed by atoms with Crippen molar-refractivity contribution in [2.45, 2.75) is 99.6 Å². The van der Waals surface area contributed by atoms with Gasteiger partial charge >= 0.3 is 11.9 Å². The highest BCUT2D eigenvalue weighted by molar-refractivity contribution is 6.10. The monoisotopic (exact) mass is 826 g/mol. The number of carboxylic acids is 1. The van der Waals surface area contributed by atoms with Crippen LogP contribution in [0.2, 0.25) is 0 Å². The molecule has 0 bridgehead atoms. The number of fused-ring (bicyclic) bond motifs is 4. The minimum Gasteiger partial charge on any atom is -0.508 e. The number of aromatic amines is 1. The van der Waals surface area contributed by atoms with Gasteiger partial charge in [0.2, 0.25) is 0 Å². The number of H-pyrrole nitrogens is 1. The lowest BCUT2D eigenvalue weighted by Gasteiger charge is -2.50. The number of phenolic OH excluding ortho intramolecular Hbond substituents is 2. The lowest BCUT2D eigenvalue weighted by Crippen LogP contribution is -2.67. The fourth-order valence-corrected chi connectivity index (χ4v) is 9.92. The van der Waals surface area contributed by atoms with Gasteiger partial charge in [0.05, 0.1) is 24.3 Å². The number of ether oxygens (including phenoxy) is 2. The highest BCUT2D eigenvalue weighted by Gasteiger charge is 2.57. The Labute approximate surface area is 345 Å². The van der Waals surface area contributed by atoms with E-state index in [9.17, 15) is 50.4 Å². The van der Waals surface area contributed by atoms with Crippen molar-refractivity contribution in [2.75, 3.05) is 23.4 Å². The fraction of sp³-hybridized carbons (Fsp3) is 0.432. The third kappa shape index (κ3) is 7.16. The first-order valence-corrected chi connectivity index (χ1v) is 20.3. The summed E-state index contributed by atoms with van der Waals surface area (Å²) in [5, 5.41) is 89.4. The van der Waals surface area contributed by atoms with Crippen LogP contribution in [0.25, 0.3) is 6.08 Å². The molecule has 9 unspecified atom stereocenters. The zero-order valence-electron chi connectivity index (χ0n) is 32.9. The molecular formula is C44H50N4O12. The molecule has 1 aromatic heterocycles. The molecule has 3 aromatic carbocycles. The van der Waals surface area contributed by atoms with Crippen molar-refractivity contribution in [1.29, 1.82) is 0 Å². The number of hydrogen-bond donors (Lipinski definition) is 10. The zero-order valence-corrected chi connectivity index (χ0v) is 32.9. The number of aryl methyl sites for hydroxylation is 1. The molecule has 318 valence electrons. The Kier molecular flexibility index (Phi) is 11.1. The Morgan fingerprint density at radius 3 is 2.62 bits per heavy atom. The standard InChI is InChI=1S/C44H50N4O12/c1-2-29-31(47-22-46-29)16-24-15-23(10-12-33(24)50)11-13-37(52)48-32-18-35(59-44(58)41(55)40(54)39(53)36(21-49)60-44)34(51)17-26(32)27(38(48)42(56)57)19-43-14-6-5-7-25(43)20-45-30-9-4-3-8-28(30)43/h3-4,8-13,15,17-18,22,25,27,36,38-41,45,49-51,53-55,58H,2,5-7,14,16,19-21H2,1H3,(H,46,47)(H,56,57). The molecule has 60 heavy (non-hydrogen) atoms. The molecule has 3 aliphatic heterocycles. The average Bonchev–Trinajstić information content (AvgIpc) is 3.83. The van der Waals surface area contributed by atoms with Crippen molar-refractivity contribution in [3.8, 4) is 17.2 Å². The van der Waals surface area contributed by atoms with Crippen LogP contribution in [-0.4, -0.2) is 112 Å². The number of carboxylic acid groups (broad SMARTS) is 1. The number of carbonyl (C=O) groups is 2. The van der Waals surface area contributed by atoms with Crippen molar-refractivity contribution in [3.05, 3.63) is 101 Å². The molecule has 1 amide bonds. The van der Waals surface area contributed by atoms with E-state index in [0.29, 0.717) is 42.5 Å². The van der Waals surface area contributed by atoms with Crippen LogP contribution in [0.3, 0.4) is 0 Å². The predicted molar refractivity (Wildman–Crippen MR) is 216 cm³/mol. The number of para-hydroxylation sites is 1. The second-order valence-electron chi connectivity index (χ2n) is 16.3. The van der Waals surface area contributed by atoms with Crippen LogP contribution >= 0.6 is 0 Å². The molecule has 1 saturated heterocycles. The topological polar surface area (TPSA) is 258 Å². The van der Waals surface area contributed by atoms with Crippen molar-refractivity contribution in [3.63, 3.8) is 0 Å². The number of rotatable bonds is 11. The van der Waals surface area contributed by atoms with Gasteiger partial charge in [-0.3, -0.25) is 9.69 Å². The number of nitrogens with one attached hydrogen (secondary N) is 2. The molecule has 9 atom stereocenters. The van der Waals surface area contributed by atoms with Crippen molar-refractivity contribution >= 4 is 29.3 Å². The zero-order chi connectivity index (χ0) is 42.5. The van der Waals surface area contributed by atoms with Gasteiger partial charge in [0.15, 0.2) is 17.6 Å². The van der Waals surface area contributed by atoms with E-state index >= 15 is 0 Å². The summed E-state index contributed by atoms with van der Waals surface area (Å²) in [6.07, 6.45) is 1.57. The van der Waals surface area contributed by atoms with Crippen LogP contribution in [0.5, 0.6) is 17.2 Å². The summed E-state index contributed by atoms with van der Waals surface area (Å²) in [5.74, 6) is -6.91. The number of carbonyl (C=O) groups excluding carboxylic acids is 1. The number of aromatic hydroxyl groups is 2. The van der Waals surface area contributed by atoms with E-state index < -0.39 is 77.7 Å². The first kappa shape index (κ1) is 41.3. The van der Waals surface area contributed by atoms with Crippen LogP contribution in [0.1, 0.15) is 78.6 Å². The number of aromatic nitrogens is 2. The number of aliphatic hydroxyl groups is 5. The number of nitrogens with zero attached hydrogens (tertiary/aromatic N) is 2. The predicted octanol–water partition coefficient (Wildman–Crippen LogP) is 3.01. The fourth-order valence-electron chi connectivity index (χ4n) is 9.92. The highest BCUT2D eigenvalue weighted by Crippen LogP contribution is 2.58. The summed E-state index contributed by atoms with van der Waals surface area (Å²) >= 11 is 0. The SMILES string of the molecule is CCc1nc[nH]c1Cc1cc(C=CC(=O)N2c3cc(OC4(O)OC(CO)C(O)C(O)C4O)c(O)cc3C(CC34CCCCC3CNc3ccccc34)C2C(=O)O)ccc1O. The van der Waals surface area contributed by atoms with E-state index in [1.54, 1.807) is 18.5 Å². The van der Waals surface area contributed by atoms with Crippen LogP contribution in [-0.2, 0) is 32.6 Å². The first-order valence-electron chi connectivity index (χ1n) is 20.3. The van der Waals surface area contributed by atoms with Gasteiger partial charge in [-0.05, 0) is 78.6 Å². The van der Waals surface area contributed by atoms with Crippen LogP contribution in [0, 0.1) is 5.92 Å². The molecule has 10 N–H and O–H groups in total. The summed E-state index contributed by atoms with van der Waals surface area (Å²) in [7, 11) is 0. The molecule has 16 heteroatoms. The second kappa shape index (κ2) is 16.2. The third-order valence-electron chi connectivity index (χ3n) is 12.9. The van der Waals surface area contributed by atoms with Crippen molar-refractivity contribution in [2.24, 2.45) is 5.92 Å². The second-order valence-corrected chi connectivity index (χ2v) is 16.3. The van der Waals surface area contributed by atoms with E-state index in [0.717, 1.165) is 53.2 Å². The van der Waals surface area contributed by atoms with Crippen molar-refractivity contribution in [1.82, 2.24) is 9.97 Å². The molecule has 4 aromatic rings. The third-order valence-corrected chi connectivity index (χ3v) is 12.9. The Balaban J connectivity index is 1.20. The number of aliphatic hydroxyl groups excluding tert-OH is 4. The normalized spacial score (nSPS) is 29.7. The molecule has 8 rings (SSSR count). The average molecular weight is 827 g/mol. The number of phenols is 2. The molecule has 0 spiro atoms. The van der Waals surface area contributed by atoms with Crippen LogP contribution < -0.4 is 15.0 Å². The van der Waals surface area contributed by atoms with Crippen molar-refractivity contribution < 1.29 is 59.9 Å². The summed E-state index contributed by atoms with van der Waals surface area (Å²) in [6, 6.07) is 13.8. The maximum Gasteiger partial charge on any atom is 0.355 e. The summed E-state index contributed by atoms with van der Waals surface area (Å²) < 4.78 is 10.9. The summed E-state index contributed by atoms with van der Waals surface area (Å²) in [4.78, 5) is 36.7. The molecular weight excluding hydrogens is 776 g/mol. The van der Waals surface area contributed by atoms with Gasteiger partial charge in [-0.1, -0.05) is 44.0 Å². The smallest absolute Gasteiger partial charge is 0.355 e. The Bertz CT molecular complexity index is 2300. The van der Waals surface area contributed by atoms with Gasteiger partial charge in [-0.2, -0.15) is 0 Å². The van der Waals surface area contributed by atoms with Gasteiger partial charge in [0, 0.05) is 53.4 Å². The van der Waals surface area contributed by atoms with E-state index in [1.165, 1.54) is 30.4 Å². The lowest BCUT2D eigenvalue weighted by atomic mass is 9.56. The maximum absolute atomic E-state index is 14.6. The van der Waals surface area contributed by atoms with Gasteiger partial charge in [0.1, 0.15) is 30.1 Å². The lowest BCUT2D eigenvalue weighted by molar-refractivity contribution is -0.422. The van der Waals surface area contributed by atoms with E-state index in [4.69, 9.17) is 9.47 Å². The number of aliphatic carboxylic acids is 1. The minimum absolute atomic E-state index is 0.0469. The largest absolute Gasteiger partial charge is 0.508 e. The number of hydrogen-bond acceptors (Lipinski definition) is 13. The van der Waals surface area contributed by atoms with E-state index in [1.807, 2.05) is 25.1 Å². The maximum atomic E-state index is 14.6. The van der Waals surface area contributed by atoms with E-state index in [2.05, 4.69) is 21.4 Å². The number of benzene rings is 3. The minimum atomic E-state index is -3.10. The molecule has 4 heterocycles. The Hall–Kier alpha value is -5.49. The molecule has 1 saturated carbocycles. The molecule has 1 aliphatic carbocycles. The van der Waals surface area contributed by atoms with Gasteiger partial charge in [-0.25, -0.2) is 9.78 Å². The van der Waals surface area contributed by atoms with Gasteiger partial charge < -0.3 is 60.6 Å². The van der Waals surface area contributed by atoms with Gasteiger partial charge in [-0.15, -0.1) is 0 Å². The molecule has 2 fully saturated rings. The quantitative estimate of drug-likeness (QED) is 0.0771. The molecule has 16 nitrogen and oxygen atoms in total. The number of imidazole rings is 1. The molecule has 0 radical (unpaired) electrons. The number of amides is 1. The summed E-state index contributed by atoms with van der Waals surface area (Å²) in [5.41, 5.74) is 4.74. The summed E-state index contributed by atoms with van der Waals surface area (Å²) in [6.45, 7) is 1.78. The highest BCUT2D eigenvalue weighted by atomic mass is 16.8.